The molecule has 0 aliphatic rings. The van der Waals surface area contributed by atoms with Gasteiger partial charge in [-0.25, -0.2) is 9.13 Å². The Bertz CT molecular complexity index is 1550. The lowest BCUT2D eigenvalue weighted by Gasteiger charge is -2.19. The molecule has 5 N–H and O–H groups in total. The van der Waals surface area contributed by atoms with Gasteiger partial charge in [-0.15, -0.1) is 0 Å². The van der Waals surface area contributed by atoms with Gasteiger partial charge in [0, 0.05) is 12.8 Å². The summed E-state index contributed by atoms with van der Waals surface area (Å²) < 4.78 is 53.2. The average Bonchev–Trinajstić information content (AvgIpc) is 3.38. The summed E-state index contributed by atoms with van der Waals surface area (Å²) in [7, 11) is -9.59. The maximum absolute atomic E-state index is 12.2. The first-order valence-electron chi connectivity index (χ1n) is 28.6. The van der Waals surface area contributed by atoms with Crippen molar-refractivity contribution in [3.05, 3.63) is 60.8 Å². The molecule has 74 heavy (non-hydrogen) atoms. The predicted molar refractivity (Wildman–Crippen MR) is 297 cm³/mol. The summed E-state index contributed by atoms with van der Waals surface area (Å²) in [5.74, 6) is -1.01. The average molecular weight is 1090 g/mol. The Labute approximate surface area is 448 Å². The maximum Gasteiger partial charge on any atom is 0.472 e. The third kappa shape index (κ3) is 54.5. The summed E-state index contributed by atoms with van der Waals surface area (Å²) in [4.78, 5) is 44.0. The molecule has 0 aliphatic heterocycles. The highest BCUT2D eigenvalue weighted by molar-refractivity contribution is 7.47. The Morgan fingerprint density at radius 1 is 0.365 bits per heavy atom. The number of hydrogen-bond acceptors (Lipinski definition) is 13. The second-order valence-electron chi connectivity index (χ2n) is 19.3. The van der Waals surface area contributed by atoms with E-state index in [9.17, 15) is 43.8 Å². The zero-order valence-corrected chi connectivity index (χ0v) is 47.8. The number of aliphatic hydroxyl groups excluding tert-OH is 3. The molecule has 0 aromatic heterocycles. The van der Waals surface area contributed by atoms with Gasteiger partial charge in [0.25, 0.3) is 0 Å². The molecule has 0 saturated carbocycles. The lowest BCUT2D eigenvalue weighted by atomic mass is 10.0. The number of phosphoric acid groups is 2. The van der Waals surface area contributed by atoms with Crippen LogP contribution >= 0.6 is 15.6 Å². The largest absolute Gasteiger partial charge is 0.472 e. The molecule has 0 aliphatic carbocycles. The first-order chi connectivity index (χ1) is 35.8. The molecule has 0 spiro atoms. The summed E-state index contributed by atoms with van der Waals surface area (Å²) in [6, 6.07) is 0. The smallest absolute Gasteiger partial charge is 0.463 e. The van der Waals surface area contributed by atoms with Gasteiger partial charge in [0.15, 0.2) is 0 Å². The highest BCUT2D eigenvalue weighted by Gasteiger charge is 2.28. The molecule has 0 bridgehead atoms. The van der Waals surface area contributed by atoms with E-state index in [1.165, 1.54) is 109 Å². The number of unbranched alkanes of at least 4 members (excludes halogenated alkanes) is 25. The van der Waals surface area contributed by atoms with Gasteiger partial charge in [-0.05, 0) is 57.8 Å². The molecular weight excluding hydrogens is 987 g/mol. The van der Waals surface area contributed by atoms with Crippen molar-refractivity contribution in [2.45, 2.75) is 250 Å². The number of esters is 2. The number of allylic oxidation sites excluding steroid dienone is 10. The molecule has 432 valence electrons. The Hall–Kier alpha value is -2.26. The first kappa shape index (κ1) is 71.7. The number of phosphoric ester groups is 2. The number of aliphatic hydroxyl groups is 3. The Morgan fingerprint density at radius 2 is 0.622 bits per heavy atom. The molecule has 15 nitrogen and oxygen atoms in total. The first-order valence-corrected chi connectivity index (χ1v) is 31.6. The van der Waals surface area contributed by atoms with Crippen LogP contribution in [0.1, 0.15) is 232 Å². The summed E-state index contributed by atoms with van der Waals surface area (Å²) >= 11 is 0. The minimum Gasteiger partial charge on any atom is -0.463 e. The fourth-order valence-corrected chi connectivity index (χ4v) is 9.19. The SMILES string of the molecule is CC/C=C\C/C=C\C/C=C\C/C=C\C/C=C\CCCCCCCC(=O)OCC(O)COP(=O)(O)OCC(O)COP(=O)(O)OCC(O)COC(=O)CCCCCCCCCCCCCCCCCCCCCCC. The van der Waals surface area contributed by atoms with E-state index in [4.69, 9.17) is 18.5 Å². The third-order valence-electron chi connectivity index (χ3n) is 12.0. The summed E-state index contributed by atoms with van der Waals surface area (Å²) in [6.45, 7) is 0.329. The van der Waals surface area contributed by atoms with Crippen molar-refractivity contribution >= 4 is 27.6 Å². The molecule has 5 unspecified atom stereocenters. The van der Waals surface area contributed by atoms with Gasteiger partial charge in [-0.3, -0.25) is 27.7 Å². The Morgan fingerprint density at radius 3 is 0.932 bits per heavy atom. The normalized spacial score (nSPS) is 15.2. The number of carbonyl (C=O) groups excluding carboxylic acids is 2. The van der Waals surface area contributed by atoms with Crippen LogP contribution in [0.2, 0.25) is 0 Å². The quantitative estimate of drug-likeness (QED) is 0.0165. The van der Waals surface area contributed by atoms with E-state index in [0.29, 0.717) is 12.8 Å². The molecule has 0 amide bonds. The number of ether oxygens (including phenoxy) is 2. The molecular formula is C57H104O15P2. The van der Waals surface area contributed by atoms with Crippen LogP contribution in [0.25, 0.3) is 0 Å². The lowest BCUT2D eigenvalue weighted by Crippen LogP contribution is -2.25. The zero-order chi connectivity index (χ0) is 54.5. The Kier molecular flexibility index (Phi) is 51.2. The zero-order valence-electron chi connectivity index (χ0n) is 46.0. The lowest BCUT2D eigenvalue weighted by molar-refractivity contribution is -0.148. The second kappa shape index (κ2) is 52.8. The summed E-state index contributed by atoms with van der Waals surface area (Å²) in [5.41, 5.74) is 0. The van der Waals surface area contributed by atoms with Crippen LogP contribution in [0.4, 0.5) is 0 Å². The van der Waals surface area contributed by atoms with E-state index in [1.807, 2.05) is 0 Å². The van der Waals surface area contributed by atoms with Crippen molar-refractivity contribution in [2.24, 2.45) is 0 Å². The summed E-state index contributed by atoms with van der Waals surface area (Å²) in [5, 5.41) is 30.2. The molecule has 0 fully saturated rings. The number of rotatable bonds is 55. The van der Waals surface area contributed by atoms with Gasteiger partial charge < -0.3 is 34.6 Å². The molecule has 0 radical (unpaired) electrons. The van der Waals surface area contributed by atoms with Gasteiger partial charge in [0.05, 0.1) is 26.4 Å². The molecule has 0 saturated heterocycles. The van der Waals surface area contributed by atoms with Crippen molar-refractivity contribution in [1.29, 1.82) is 0 Å². The fourth-order valence-electron chi connectivity index (χ4n) is 7.59. The van der Waals surface area contributed by atoms with Crippen LogP contribution in [-0.2, 0) is 46.3 Å². The summed E-state index contributed by atoms with van der Waals surface area (Å²) in [6.07, 6.45) is 54.9. The fraction of sp³-hybridized carbons (Fsp3) is 0.789. The van der Waals surface area contributed by atoms with E-state index in [0.717, 1.165) is 83.5 Å². The van der Waals surface area contributed by atoms with Crippen molar-refractivity contribution < 1.29 is 71.4 Å². The van der Waals surface area contributed by atoms with E-state index >= 15 is 0 Å². The Balaban J connectivity index is 3.83. The van der Waals surface area contributed by atoms with E-state index in [-0.39, 0.29) is 12.8 Å². The van der Waals surface area contributed by atoms with Crippen molar-refractivity contribution in [3.63, 3.8) is 0 Å². The van der Waals surface area contributed by atoms with Gasteiger partial charge >= 0.3 is 27.6 Å². The topological polar surface area (TPSA) is 225 Å². The molecule has 5 atom stereocenters. The van der Waals surface area contributed by atoms with Crippen molar-refractivity contribution in [1.82, 2.24) is 0 Å². The van der Waals surface area contributed by atoms with Crippen LogP contribution in [-0.4, -0.2) is 95.0 Å². The number of carbonyl (C=O) groups is 2. The van der Waals surface area contributed by atoms with Crippen LogP contribution in [0.5, 0.6) is 0 Å². The highest BCUT2D eigenvalue weighted by atomic mass is 31.2. The molecule has 0 aromatic rings. The van der Waals surface area contributed by atoms with Crippen molar-refractivity contribution in [3.8, 4) is 0 Å². The maximum atomic E-state index is 12.2. The third-order valence-corrected chi connectivity index (χ3v) is 13.9. The molecule has 0 rings (SSSR count). The van der Waals surface area contributed by atoms with Crippen LogP contribution in [0.3, 0.4) is 0 Å². The van der Waals surface area contributed by atoms with E-state index in [2.05, 4.69) is 83.7 Å². The van der Waals surface area contributed by atoms with Gasteiger partial charge in [0.2, 0.25) is 0 Å². The van der Waals surface area contributed by atoms with Gasteiger partial charge in [0.1, 0.15) is 31.5 Å². The molecule has 17 heteroatoms. The second-order valence-corrected chi connectivity index (χ2v) is 22.2. The number of hydrogen-bond donors (Lipinski definition) is 5. The van der Waals surface area contributed by atoms with Gasteiger partial charge in [-0.1, -0.05) is 222 Å². The van der Waals surface area contributed by atoms with E-state index < -0.39 is 85.5 Å². The molecule has 0 heterocycles. The highest BCUT2D eigenvalue weighted by Crippen LogP contribution is 2.45. The minimum atomic E-state index is -4.80. The predicted octanol–water partition coefficient (Wildman–Crippen LogP) is 14.5. The van der Waals surface area contributed by atoms with Crippen LogP contribution in [0.15, 0.2) is 60.8 Å². The van der Waals surface area contributed by atoms with Crippen molar-refractivity contribution in [2.75, 3.05) is 39.6 Å². The van der Waals surface area contributed by atoms with Crippen LogP contribution in [0, 0.1) is 0 Å². The minimum absolute atomic E-state index is 0.172. The molecule has 0 aromatic carbocycles. The van der Waals surface area contributed by atoms with Crippen LogP contribution < -0.4 is 0 Å². The standard InChI is InChI=1S/C57H104O15P2/c1-3-5-7-9-11-13-15-17-19-21-23-25-27-29-31-33-35-37-39-41-43-45-56(61)67-47-53(58)49-69-73(63,64)71-51-55(60)52-72-74(65,66)70-50-54(59)48-68-57(62)46-44-42-40-38-36-34-32-30-28-26-24-22-20-18-16-14-12-10-8-6-4-2/h5,7,11,13,17,19,23,25,29,31,53-55,58-60H,3-4,6,8-10,12,14-16,18,20-22,24,26-28,30,32-52H2,1-2H3,(H,63,64)(H,65,66)/b7-5-,13-11-,19-17-,25-23-,31-29-. The monoisotopic (exact) mass is 1090 g/mol. The van der Waals surface area contributed by atoms with Gasteiger partial charge in [-0.2, -0.15) is 0 Å². The van der Waals surface area contributed by atoms with E-state index in [1.54, 1.807) is 0 Å².